The monoisotopic (exact) mass is 337 g/mol. The highest BCUT2D eigenvalue weighted by atomic mass is 35.5. The van der Waals surface area contributed by atoms with Gasteiger partial charge in [0, 0.05) is 42.6 Å². The maximum atomic E-state index is 5.86. The molecule has 2 aromatic rings. The number of piperazine rings is 1. The Kier molecular flexibility index (Phi) is 5.31. The topological polar surface area (TPSA) is 37.4 Å². The lowest BCUT2D eigenvalue weighted by Gasteiger charge is -2.31. The molecule has 1 aliphatic heterocycles. The third-order valence-corrected chi connectivity index (χ3v) is 4.74. The third-order valence-electron chi connectivity index (χ3n) is 3.61. The molecular formula is C16H20ClN3OS. The second-order valence-corrected chi connectivity index (χ2v) is 6.94. The van der Waals surface area contributed by atoms with E-state index in [1.54, 1.807) is 11.3 Å². The summed E-state index contributed by atoms with van der Waals surface area (Å²) < 4.78 is 5.73. The molecule has 2 heterocycles. The number of benzene rings is 1. The van der Waals surface area contributed by atoms with Crippen LogP contribution in [-0.4, -0.2) is 35.6 Å². The van der Waals surface area contributed by atoms with Crippen LogP contribution in [0, 0.1) is 0 Å². The Labute approximate surface area is 140 Å². The number of aromatic nitrogens is 1. The lowest BCUT2D eigenvalue weighted by molar-refractivity contribution is 0.197. The Morgan fingerprint density at radius 3 is 3.00 bits per heavy atom. The van der Waals surface area contributed by atoms with Crippen LogP contribution < -0.4 is 10.1 Å². The first-order valence-electron chi connectivity index (χ1n) is 7.46. The molecule has 3 rings (SSSR count). The molecule has 0 saturated carbocycles. The van der Waals surface area contributed by atoms with Crippen molar-refractivity contribution in [3.63, 3.8) is 0 Å². The van der Waals surface area contributed by atoms with E-state index in [1.165, 1.54) is 0 Å². The molecular weight excluding hydrogens is 318 g/mol. The predicted molar refractivity (Wildman–Crippen MR) is 90.6 cm³/mol. The van der Waals surface area contributed by atoms with E-state index in [1.807, 2.05) is 24.3 Å². The normalized spacial score (nSPS) is 19.3. The number of ether oxygens (including phenoxy) is 1. The van der Waals surface area contributed by atoms with Crippen molar-refractivity contribution in [1.29, 1.82) is 0 Å². The van der Waals surface area contributed by atoms with Crippen molar-refractivity contribution < 1.29 is 4.74 Å². The number of halogens is 1. The summed E-state index contributed by atoms with van der Waals surface area (Å²) in [6.07, 6.45) is 0. The van der Waals surface area contributed by atoms with Crippen LogP contribution in [0.2, 0.25) is 5.02 Å². The smallest absolute Gasteiger partial charge is 0.140 e. The molecule has 4 nitrogen and oxygen atoms in total. The average Bonchev–Trinajstić information content (AvgIpc) is 2.94. The first-order valence-corrected chi connectivity index (χ1v) is 8.72. The van der Waals surface area contributed by atoms with E-state index >= 15 is 0 Å². The van der Waals surface area contributed by atoms with Crippen LogP contribution in [0.5, 0.6) is 5.75 Å². The average molecular weight is 338 g/mol. The van der Waals surface area contributed by atoms with Crippen LogP contribution in [0.3, 0.4) is 0 Å². The molecule has 0 radical (unpaired) electrons. The first kappa shape index (κ1) is 15.7. The van der Waals surface area contributed by atoms with Gasteiger partial charge in [-0.05, 0) is 31.2 Å². The van der Waals surface area contributed by atoms with Crippen molar-refractivity contribution in [2.24, 2.45) is 0 Å². The molecule has 118 valence electrons. The van der Waals surface area contributed by atoms with Gasteiger partial charge in [-0.15, -0.1) is 11.3 Å². The molecule has 1 aromatic carbocycles. The number of nitrogens with one attached hydrogen (secondary N) is 1. The summed E-state index contributed by atoms with van der Waals surface area (Å²) in [5.74, 6) is 0.817. The van der Waals surface area contributed by atoms with Gasteiger partial charge in [0.05, 0.1) is 5.69 Å². The van der Waals surface area contributed by atoms with Gasteiger partial charge in [0.1, 0.15) is 17.4 Å². The van der Waals surface area contributed by atoms with Crippen molar-refractivity contribution in [2.75, 3.05) is 19.6 Å². The Hall–Kier alpha value is -1.14. The molecule has 6 heteroatoms. The quantitative estimate of drug-likeness (QED) is 0.909. The van der Waals surface area contributed by atoms with Gasteiger partial charge in [0.25, 0.3) is 0 Å². The summed E-state index contributed by atoms with van der Waals surface area (Å²) in [5.41, 5.74) is 1.13. The third kappa shape index (κ3) is 4.43. The van der Waals surface area contributed by atoms with Crippen molar-refractivity contribution in [3.05, 3.63) is 45.4 Å². The molecule has 0 spiro atoms. The lowest BCUT2D eigenvalue weighted by atomic mass is 10.2. The second-order valence-electron chi connectivity index (χ2n) is 5.57. The van der Waals surface area contributed by atoms with E-state index < -0.39 is 0 Å². The molecule has 1 N–H and O–H groups in total. The van der Waals surface area contributed by atoms with Crippen LogP contribution in [0.1, 0.15) is 17.6 Å². The first-order chi connectivity index (χ1) is 10.7. The SMILES string of the molecule is CC1CN(Cc2csc(COc3ccc(Cl)cc3)n2)CCN1. The minimum absolute atomic E-state index is 0.504. The number of nitrogens with zero attached hydrogens (tertiary/aromatic N) is 2. The van der Waals surface area contributed by atoms with Gasteiger partial charge in [-0.3, -0.25) is 4.90 Å². The maximum absolute atomic E-state index is 5.86. The molecule has 0 bridgehead atoms. The minimum atomic E-state index is 0.504. The molecule has 0 amide bonds. The molecule has 1 aliphatic rings. The zero-order chi connectivity index (χ0) is 15.4. The van der Waals surface area contributed by atoms with E-state index in [0.29, 0.717) is 17.7 Å². The van der Waals surface area contributed by atoms with Gasteiger partial charge in [-0.2, -0.15) is 0 Å². The summed E-state index contributed by atoms with van der Waals surface area (Å²) in [4.78, 5) is 7.11. The maximum Gasteiger partial charge on any atom is 0.140 e. The molecule has 0 aliphatic carbocycles. The van der Waals surface area contributed by atoms with E-state index in [-0.39, 0.29) is 0 Å². The van der Waals surface area contributed by atoms with Crippen molar-refractivity contribution in [3.8, 4) is 5.75 Å². The fraction of sp³-hybridized carbons (Fsp3) is 0.438. The Morgan fingerprint density at radius 1 is 1.41 bits per heavy atom. The number of rotatable bonds is 5. The zero-order valence-corrected chi connectivity index (χ0v) is 14.2. The highest BCUT2D eigenvalue weighted by Gasteiger charge is 2.16. The van der Waals surface area contributed by atoms with Gasteiger partial charge in [-0.1, -0.05) is 11.6 Å². The van der Waals surface area contributed by atoms with Gasteiger partial charge < -0.3 is 10.1 Å². The summed E-state index contributed by atoms with van der Waals surface area (Å²) in [6, 6.07) is 7.96. The highest BCUT2D eigenvalue weighted by Crippen LogP contribution is 2.19. The summed E-state index contributed by atoms with van der Waals surface area (Å²) in [6.45, 7) is 6.86. The Morgan fingerprint density at radius 2 is 2.23 bits per heavy atom. The largest absolute Gasteiger partial charge is 0.486 e. The number of thiazole rings is 1. The summed E-state index contributed by atoms with van der Waals surface area (Å²) >= 11 is 7.52. The molecule has 1 fully saturated rings. The van der Waals surface area contributed by atoms with E-state index in [9.17, 15) is 0 Å². The van der Waals surface area contributed by atoms with Crippen LogP contribution in [0.4, 0.5) is 0 Å². The van der Waals surface area contributed by atoms with Crippen LogP contribution in [0.25, 0.3) is 0 Å². The fourth-order valence-electron chi connectivity index (χ4n) is 2.55. The fourth-order valence-corrected chi connectivity index (χ4v) is 3.37. The van der Waals surface area contributed by atoms with Crippen molar-refractivity contribution in [2.45, 2.75) is 26.1 Å². The van der Waals surface area contributed by atoms with Gasteiger partial charge in [0.2, 0.25) is 0 Å². The standard InChI is InChI=1S/C16H20ClN3OS/c1-12-8-20(7-6-18-12)9-14-11-22-16(19-14)10-21-15-4-2-13(17)3-5-15/h2-5,11-12,18H,6-10H2,1H3. The molecule has 1 unspecified atom stereocenters. The summed E-state index contributed by atoms with van der Waals surface area (Å²) in [5, 5.41) is 7.31. The van der Waals surface area contributed by atoms with E-state index in [0.717, 1.165) is 42.6 Å². The van der Waals surface area contributed by atoms with Crippen LogP contribution >= 0.6 is 22.9 Å². The molecule has 1 atom stereocenters. The molecule has 1 saturated heterocycles. The van der Waals surface area contributed by atoms with Crippen molar-refractivity contribution >= 4 is 22.9 Å². The van der Waals surface area contributed by atoms with Crippen molar-refractivity contribution in [1.82, 2.24) is 15.2 Å². The van der Waals surface area contributed by atoms with E-state index in [4.69, 9.17) is 16.3 Å². The van der Waals surface area contributed by atoms with Gasteiger partial charge >= 0.3 is 0 Å². The van der Waals surface area contributed by atoms with Crippen LogP contribution in [-0.2, 0) is 13.2 Å². The Balaban J connectivity index is 1.51. The van der Waals surface area contributed by atoms with E-state index in [2.05, 4.69) is 27.5 Å². The molecule has 1 aromatic heterocycles. The highest BCUT2D eigenvalue weighted by molar-refractivity contribution is 7.09. The number of hydrogen-bond donors (Lipinski definition) is 1. The second kappa shape index (κ2) is 7.42. The van der Waals surface area contributed by atoms with Gasteiger partial charge in [-0.25, -0.2) is 4.98 Å². The zero-order valence-electron chi connectivity index (χ0n) is 12.6. The number of hydrogen-bond acceptors (Lipinski definition) is 5. The Bertz CT molecular complexity index is 602. The lowest BCUT2D eigenvalue weighted by Crippen LogP contribution is -2.48. The molecule has 22 heavy (non-hydrogen) atoms. The summed E-state index contributed by atoms with van der Waals surface area (Å²) in [7, 11) is 0. The van der Waals surface area contributed by atoms with Crippen LogP contribution in [0.15, 0.2) is 29.6 Å². The minimum Gasteiger partial charge on any atom is -0.486 e. The van der Waals surface area contributed by atoms with Gasteiger partial charge in [0.15, 0.2) is 0 Å². The predicted octanol–water partition coefficient (Wildman–Crippen LogP) is 3.17.